The van der Waals surface area contributed by atoms with Gasteiger partial charge in [-0.15, -0.1) is 36.2 Å². The zero-order valence-corrected chi connectivity index (χ0v) is 18.5. The normalized spacial score (nSPS) is 14.3. The van der Waals surface area contributed by atoms with Crippen LogP contribution in [0.1, 0.15) is 35.5 Å². The third-order valence-electron chi connectivity index (χ3n) is 4.97. The summed E-state index contributed by atoms with van der Waals surface area (Å²) in [6, 6.07) is 6.49. The standard InChI is InChI=1S/C20H26FN3OS.2ClH/c1-22-9-6-15-7-10-24(11-8-15)20(25)13-18-14-26-19(23-18)12-16-2-4-17(21)5-3-16;;/h2-5,14-15,22H,6-13H2,1H3;2*1H. The molecule has 1 aliphatic rings. The Hall–Kier alpha value is -1.21. The summed E-state index contributed by atoms with van der Waals surface area (Å²) < 4.78 is 13.0. The van der Waals surface area contributed by atoms with E-state index in [1.807, 2.05) is 17.3 Å². The molecule has 1 fully saturated rings. The van der Waals surface area contributed by atoms with Crippen LogP contribution in [0.25, 0.3) is 0 Å². The van der Waals surface area contributed by atoms with Crippen molar-refractivity contribution < 1.29 is 9.18 Å². The van der Waals surface area contributed by atoms with Gasteiger partial charge >= 0.3 is 0 Å². The Morgan fingerprint density at radius 1 is 1.25 bits per heavy atom. The van der Waals surface area contributed by atoms with Crippen LogP contribution < -0.4 is 5.32 Å². The van der Waals surface area contributed by atoms with Gasteiger partial charge in [-0.3, -0.25) is 4.79 Å². The lowest BCUT2D eigenvalue weighted by Gasteiger charge is -2.32. The molecule has 3 rings (SSSR count). The van der Waals surface area contributed by atoms with E-state index in [0.717, 1.165) is 54.7 Å². The summed E-state index contributed by atoms with van der Waals surface area (Å²) in [6.07, 6.45) is 4.44. The Bertz CT molecular complexity index is 718. The maximum atomic E-state index is 13.0. The van der Waals surface area contributed by atoms with E-state index in [2.05, 4.69) is 10.3 Å². The third-order valence-corrected chi connectivity index (χ3v) is 5.87. The molecule has 0 aliphatic carbocycles. The second-order valence-electron chi connectivity index (χ2n) is 6.93. The maximum Gasteiger partial charge on any atom is 0.228 e. The van der Waals surface area contributed by atoms with Gasteiger partial charge in [0.1, 0.15) is 5.82 Å². The Morgan fingerprint density at radius 3 is 2.57 bits per heavy atom. The minimum absolute atomic E-state index is 0. The predicted octanol–water partition coefficient (Wildman–Crippen LogP) is 4.11. The fourth-order valence-electron chi connectivity index (χ4n) is 3.37. The number of carbonyl (C=O) groups is 1. The van der Waals surface area contributed by atoms with Gasteiger partial charge in [-0.2, -0.15) is 0 Å². The minimum Gasteiger partial charge on any atom is -0.342 e. The molecule has 156 valence electrons. The van der Waals surface area contributed by atoms with Crippen molar-refractivity contribution in [2.45, 2.75) is 32.1 Å². The first kappa shape index (κ1) is 24.8. The summed E-state index contributed by atoms with van der Waals surface area (Å²) in [4.78, 5) is 19.1. The van der Waals surface area contributed by atoms with Gasteiger partial charge in [-0.25, -0.2) is 9.37 Å². The quantitative estimate of drug-likeness (QED) is 0.694. The molecule has 0 saturated carbocycles. The number of likely N-dealkylation sites (tertiary alicyclic amines) is 1. The smallest absolute Gasteiger partial charge is 0.228 e. The van der Waals surface area contributed by atoms with E-state index < -0.39 is 0 Å². The van der Waals surface area contributed by atoms with E-state index >= 15 is 0 Å². The van der Waals surface area contributed by atoms with Crippen molar-refractivity contribution in [1.82, 2.24) is 15.2 Å². The molecule has 4 nitrogen and oxygen atoms in total. The molecule has 0 spiro atoms. The van der Waals surface area contributed by atoms with E-state index in [1.165, 1.54) is 18.6 Å². The van der Waals surface area contributed by atoms with Crippen LogP contribution in [0.4, 0.5) is 4.39 Å². The van der Waals surface area contributed by atoms with Gasteiger partial charge in [-0.1, -0.05) is 12.1 Å². The summed E-state index contributed by atoms with van der Waals surface area (Å²) in [5, 5.41) is 6.13. The molecule has 1 saturated heterocycles. The van der Waals surface area contributed by atoms with Crippen LogP contribution in [0, 0.1) is 11.7 Å². The molecule has 0 unspecified atom stereocenters. The van der Waals surface area contributed by atoms with Crippen LogP contribution >= 0.6 is 36.2 Å². The van der Waals surface area contributed by atoms with Crippen LogP contribution in [0.5, 0.6) is 0 Å². The van der Waals surface area contributed by atoms with Gasteiger partial charge in [0.25, 0.3) is 0 Å². The number of benzene rings is 1. The lowest BCUT2D eigenvalue weighted by atomic mass is 9.93. The SMILES string of the molecule is CNCCC1CCN(C(=O)Cc2csc(Cc3ccc(F)cc3)n2)CC1.Cl.Cl. The van der Waals surface area contributed by atoms with Crippen molar-refractivity contribution in [3.8, 4) is 0 Å². The van der Waals surface area contributed by atoms with Gasteiger partial charge < -0.3 is 10.2 Å². The van der Waals surface area contributed by atoms with E-state index in [0.29, 0.717) is 12.8 Å². The first-order valence-electron chi connectivity index (χ1n) is 9.24. The van der Waals surface area contributed by atoms with Gasteiger partial charge in [0.05, 0.1) is 17.1 Å². The minimum atomic E-state index is -0.228. The van der Waals surface area contributed by atoms with Crippen LogP contribution in [-0.2, 0) is 17.6 Å². The van der Waals surface area contributed by atoms with Gasteiger partial charge in [0.15, 0.2) is 0 Å². The van der Waals surface area contributed by atoms with Crippen LogP contribution in [0.2, 0.25) is 0 Å². The van der Waals surface area contributed by atoms with Crippen LogP contribution in [0.3, 0.4) is 0 Å². The third kappa shape index (κ3) is 7.32. The van der Waals surface area contributed by atoms with Gasteiger partial charge in [0.2, 0.25) is 5.91 Å². The number of rotatable bonds is 7. The molecule has 1 aromatic carbocycles. The topological polar surface area (TPSA) is 45.2 Å². The molecule has 8 heteroatoms. The molecule has 0 atom stereocenters. The molecule has 1 aliphatic heterocycles. The van der Waals surface area contributed by atoms with Crippen molar-refractivity contribution >= 4 is 42.1 Å². The summed E-state index contributed by atoms with van der Waals surface area (Å²) >= 11 is 1.56. The maximum absolute atomic E-state index is 13.0. The number of hydrogen-bond donors (Lipinski definition) is 1. The van der Waals surface area contributed by atoms with Crippen LogP contribution in [0.15, 0.2) is 29.6 Å². The molecule has 2 aromatic rings. The fraction of sp³-hybridized carbons (Fsp3) is 0.500. The number of amides is 1. The monoisotopic (exact) mass is 447 g/mol. The van der Waals surface area contributed by atoms with E-state index in [1.54, 1.807) is 23.5 Å². The Labute approximate surface area is 182 Å². The highest BCUT2D eigenvalue weighted by molar-refractivity contribution is 7.09. The number of aromatic nitrogens is 1. The highest BCUT2D eigenvalue weighted by Crippen LogP contribution is 2.21. The first-order valence-corrected chi connectivity index (χ1v) is 10.1. The summed E-state index contributed by atoms with van der Waals surface area (Å²) in [5.41, 5.74) is 1.87. The van der Waals surface area contributed by atoms with E-state index in [-0.39, 0.29) is 36.5 Å². The van der Waals surface area contributed by atoms with Crippen molar-refractivity contribution in [2.75, 3.05) is 26.7 Å². The average Bonchev–Trinajstić information content (AvgIpc) is 3.09. The molecule has 1 amide bonds. The zero-order chi connectivity index (χ0) is 18.4. The Balaban J connectivity index is 0.00000196. The van der Waals surface area contributed by atoms with Gasteiger partial charge in [0, 0.05) is 24.9 Å². The molecule has 1 N–H and O–H groups in total. The fourth-order valence-corrected chi connectivity index (χ4v) is 4.20. The molecule has 0 bridgehead atoms. The number of piperidine rings is 1. The Morgan fingerprint density at radius 2 is 1.93 bits per heavy atom. The second-order valence-corrected chi connectivity index (χ2v) is 7.87. The molecule has 1 aromatic heterocycles. The average molecular weight is 448 g/mol. The van der Waals surface area contributed by atoms with Crippen molar-refractivity contribution in [1.29, 1.82) is 0 Å². The van der Waals surface area contributed by atoms with Crippen molar-refractivity contribution in [2.24, 2.45) is 5.92 Å². The molecular weight excluding hydrogens is 420 g/mol. The lowest BCUT2D eigenvalue weighted by Crippen LogP contribution is -2.39. The van der Waals surface area contributed by atoms with E-state index in [9.17, 15) is 9.18 Å². The second kappa shape index (κ2) is 12.4. The number of halogens is 3. The van der Waals surface area contributed by atoms with E-state index in [4.69, 9.17) is 0 Å². The molecular formula is C20H28Cl2FN3OS. The summed E-state index contributed by atoms with van der Waals surface area (Å²) in [5.74, 6) is 0.678. The number of hydrogen-bond acceptors (Lipinski definition) is 4. The molecule has 2 heterocycles. The highest BCUT2D eigenvalue weighted by atomic mass is 35.5. The largest absolute Gasteiger partial charge is 0.342 e. The zero-order valence-electron chi connectivity index (χ0n) is 16.0. The summed E-state index contributed by atoms with van der Waals surface area (Å²) in [6.45, 7) is 2.77. The predicted molar refractivity (Wildman–Crippen MR) is 117 cm³/mol. The van der Waals surface area contributed by atoms with Crippen molar-refractivity contribution in [3.63, 3.8) is 0 Å². The van der Waals surface area contributed by atoms with Crippen molar-refractivity contribution in [3.05, 3.63) is 51.7 Å². The number of thiazole rings is 1. The molecule has 28 heavy (non-hydrogen) atoms. The highest BCUT2D eigenvalue weighted by Gasteiger charge is 2.23. The molecule has 0 radical (unpaired) electrons. The summed E-state index contributed by atoms with van der Waals surface area (Å²) in [7, 11) is 1.98. The van der Waals surface area contributed by atoms with Crippen LogP contribution in [-0.4, -0.2) is 42.5 Å². The van der Waals surface area contributed by atoms with Gasteiger partial charge in [-0.05, 0) is 56.5 Å². The number of nitrogens with zero attached hydrogens (tertiary/aromatic N) is 2. The lowest BCUT2D eigenvalue weighted by molar-refractivity contribution is -0.131. The first-order chi connectivity index (χ1) is 12.6. The number of nitrogens with one attached hydrogen (secondary N) is 1. The Kier molecular flexibility index (Phi) is 11.0. The number of carbonyl (C=O) groups excluding carboxylic acids is 1.